The van der Waals surface area contributed by atoms with Crippen LogP contribution in [0.2, 0.25) is 0 Å². The van der Waals surface area contributed by atoms with Crippen molar-refractivity contribution in [2.75, 3.05) is 0 Å². The highest BCUT2D eigenvalue weighted by atomic mass is 16.6. The zero-order valence-corrected chi connectivity index (χ0v) is 8.83. The molecule has 0 aromatic carbocycles. The second-order valence-corrected chi connectivity index (χ2v) is 3.96. The predicted octanol–water partition coefficient (Wildman–Crippen LogP) is 2.50. The average Bonchev–Trinajstić information content (AvgIpc) is 2.91. The summed E-state index contributed by atoms with van der Waals surface area (Å²) in [5, 5.41) is 9.45. The van der Waals surface area contributed by atoms with Crippen molar-refractivity contribution in [1.82, 2.24) is 0 Å². The van der Waals surface area contributed by atoms with E-state index in [0.29, 0.717) is 6.10 Å². The molecule has 0 aliphatic carbocycles. The summed E-state index contributed by atoms with van der Waals surface area (Å²) in [6.45, 7) is 4.22. The van der Waals surface area contributed by atoms with E-state index in [-0.39, 0.29) is 12.2 Å². The first-order valence-corrected chi connectivity index (χ1v) is 5.63. The average molecular weight is 186 g/mol. The van der Waals surface area contributed by atoms with E-state index in [1.54, 1.807) is 0 Å². The van der Waals surface area contributed by atoms with E-state index in [4.69, 9.17) is 4.74 Å². The van der Waals surface area contributed by atoms with Crippen LogP contribution in [0.1, 0.15) is 52.4 Å². The highest BCUT2D eigenvalue weighted by Crippen LogP contribution is 2.31. The summed E-state index contributed by atoms with van der Waals surface area (Å²) in [5.41, 5.74) is 0. The van der Waals surface area contributed by atoms with Gasteiger partial charge in [-0.1, -0.05) is 39.5 Å². The quantitative estimate of drug-likeness (QED) is 0.489. The molecule has 2 nitrogen and oxygen atoms in total. The lowest BCUT2D eigenvalue weighted by Crippen LogP contribution is -2.15. The summed E-state index contributed by atoms with van der Waals surface area (Å²) in [6.07, 6.45) is 7.43. The molecule has 3 atom stereocenters. The number of aliphatic hydroxyl groups excluding tert-OH is 1. The zero-order valence-electron chi connectivity index (χ0n) is 8.83. The number of epoxide rings is 1. The molecule has 0 radical (unpaired) electrons. The van der Waals surface area contributed by atoms with Crippen LogP contribution < -0.4 is 0 Å². The molecular weight excluding hydrogens is 164 g/mol. The molecule has 0 amide bonds. The Morgan fingerprint density at radius 1 is 1.23 bits per heavy atom. The highest BCUT2D eigenvalue weighted by Gasteiger charge is 2.42. The fourth-order valence-electron chi connectivity index (χ4n) is 1.73. The van der Waals surface area contributed by atoms with Gasteiger partial charge < -0.3 is 9.84 Å². The van der Waals surface area contributed by atoms with Gasteiger partial charge in [-0.25, -0.2) is 0 Å². The van der Waals surface area contributed by atoms with E-state index in [9.17, 15) is 5.11 Å². The molecule has 1 fully saturated rings. The van der Waals surface area contributed by atoms with Crippen molar-refractivity contribution in [3.8, 4) is 0 Å². The number of ether oxygens (including phenoxy) is 1. The van der Waals surface area contributed by atoms with Crippen LogP contribution in [0.25, 0.3) is 0 Å². The maximum absolute atomic E-state index is 9.45. The fraction of sp³-hybridized carbons (Fsp3) is 1.00. The minimum absolute atomic E-state index is 0.159. The molecule has 0 saturated carbocycles. The van der Waals surface area contributed by atoms with E-state index >= 15 is 0 Å². The number of rotatable bonds is 7. The monoisotopic (exact) mass is 186 g/mol. The largest absolute Gasteiger partial charge is 0.390 e. The maximum atomic E-state index is 9.45. The minimum Gasteiger partial charge on any atom is -0.390 e. The molecule has 1 N–H and O–H groups in total. The normalized spacial score (nSPS) is 28.8. The highest BCUT2D eigenvalue weighted by molar-refractivity contribution is 4.89. The first kappa shape index (κ1) is 11.0. The van der Waals surface area contributed by atoms with Gasteiger partial charge in [-0.2, -0.15) is 0 Å². The van der Waals surface area contributed by atoms with Crippen LogP contribution in [0.3, 0.4) is 0 Å². The molecule has 0 unspecified atom stereocenters. The topological polar surface area (TPSA) is 32.8 Å². The molecule has 0 spiro atoms. The Labute approximate surface area is 81.3 Å². The Kier molecular flexibility index (Phi) is 4.74. The third-order valence-electron chi connectivity index (χ3n) is 2.76. The Hall–Kier alpha value is -0.0800. The van der Waals surface area contributed by atoms with Crippen molar-refractivity contribution >= 4 is 0 Å². The van der Waals surface area contributed by atoms with Crippen molar-refractivity contribution in [2.45, 2.75) is 70.7 Å². The summed E-state index contributed by atoms with van der Waals surface area (Å²) in [6, 6.07) is 0. The molecule has 1 saturated heterocycles. The van der Waals surface area contributed by atoms with Crippen molar-refractivity contribution in [3.63, 3.8) is 0 Å². The van der Waals surface area contributed by atoms with Gasteiger partial charge in [-0.15, -0.1) is 0 Å². The lowest BCUT2D eigenvalue weighted by atomic mass is 10.1. The molecule has 0 bridgehead atoms. The van der Waals surface area contributed by atoms with E-state index in [1.165, 1.54) is 25.7 Å². The van der Waals surface area contributed by atoms with Crippen molar-refractivity contribution < 1.29 is 9.84 Å². The first-order chi connectivity index (χ1) is 6.29. The molecule has 1 rings (SSSR count). The predicted molar refractivity (Wildman–Crippen MR) is 53.7 cm³/mol. The van der Waals surface area contributed by atoms with Crippen LogP contribution in [0.5, 0.6) is 0 Å². The van der Waals surface area contributed by atoms with Crippen LogP contribution in [0.4, 0.5) is 0 Å². The van der Waals surface area contributed by atoms with Crippen molar-refractivity contribution in [1.29, 1.82) is 0 Å². The summed E-state index contributed by atoms with van der Waals surface area (Å²) in [7, 11) is 0. The standard InChI is InChI=1S/C11H22O2/c1-3-5-6-7-8-10-11(13-10)9(12)4-2/h9-12H,3-8H2,1-2H3/t9-,10-,11-/m1/s1. The molecule has 0 aromatic heterocycles. The van der Waals surface area contributed by atoms with Gasteiger partial charge >= 0.3 is 0 Å². The van der Waals surface area contributed by atoms with E-state index in [1.807, 2.05) is 6.92 Å². The number of hydrogen-bond acceptors (Lipinski definition) is 2. The third-order valence-corrected chi connectivity index (χ3v) is 2.76. The van der Waals surface area contributed by atoms with Crippen LogP contribution in [-0.2, 0) is 4.74 Å². The minimum atomic E-state index is -0.226. The first-order valence-electron chi connectivity index (χ1n) is 5.63. The lowest BCUT2D eigenvalue weighted by molar-refractivity contribution is 0.131. The van der Waals surface area contributed by atoms with Gasteiger partial charge in [0.25, 0.3) is 0 Å². The summed E-state index contributed by atoms with van der Waals surface area (Å²) in [4.78, 5) is 0. The summed E-state index contributed by atoms with van der Waals surface area (Å²) in [5.74, 6) is 0. The molecule has 13 heavy (non-hydrogen) atoms. The van der Waals surface area contributed by atoms with Crippen LogP contribution in [-0.4, -0.2) is 23.4 Å². The van der Waals surface area contributed by atoms with E-state index in [0.717, 1.165) is 12.8 Å². The maximum Gasteiger partial charge on any atom is 0.110 e. The lowest BCUT2D eigenvalue weighted by Gasteiger charge is -2.01. The molecule has 1 heterocycles. The number of aliphatic hydroxyl groups is 1. The second-order valence-electron chi connectivity index (χ2n) is 3.96. The SMILES string of the molecule is CCCCCC[C@H]1O[C@@H]1[C@H](O)CC. The van der Waals surface area contributed by atoms with Gasteiger partial charge in [0, 0.05) is 0 Å². The van der Waals surface area contributed by atoms with E-state index < -0.39 is 0 Å². The molecule has 1 aliphatic heterocycles. The van der Waals surface area contributed by atoms with Crippen molar-refractivity contribution in [3.05, 3.63) is 0 Å². The van der Waals surface area contributed by atoms with Crippen molar-refractivity contribution in [2.24, 2.45) is 0 Å². The molecule has 78 valence electrons. The summed E-state index contributed by atoms with van der Waals surface area (Å²) < 4.78 is 5.40. The Bertz CT molecular complexity index is 136. The molecular formula is C11H22O2. The second kappa shape index (κ2) is 5.61. The smallest absolute Gasteiger partial charge is 0.110 e. The van der Waals surface area contributed by atoms with Gasteiger partial charge in [0.05, 0.1) is 12.2 Å². The molecule has 0 aromatic rings. The molecule has 1 aliphatic rings. The van der Waals surface area contributed by atoms with Gasteiger partial charge in [0.15, 0.2) is 0 Å². The van der Waals surface area contributed by atoms with Crippen LogP contribution >= 0.6 is 0 Å². The number of unbranched alkanes of at least 4 members (excludes halogenated alkanes) is 3. The Balaban J connectivity index is 1.95. The van der Waals surface area contributed by atoms with E-state index in [2.05, 4.69) is 6.92 Å². The molecule has 2 heteroatoms. The Morgan fingerprint density at radius 2 is 2.00 bits per heavy atom. The van der Waals surface area contributed by atoms with Crippen LogP contribution in [0.15, 0.2) is 0 Å². The van der Waals surface area contributed by atoms with Gasteiger partial charge in [-0.05, 0) is 12.8 Å². The van der Waals surface area contributed by atoms with Crippen LogP contribution in [0, 0.1) is 0 Å². The zero-order chi connectivity index (χ0) is 9.68. The Morgan fingerprint density at radius 3 is 2.62 bits per heavy atom. The van der Waals surface area contributed by atoms with Gasteiger partial charge in [-0.3, -0.25) is 0 Å². The number of hydrogen-bond donors (Lipinski definition) is 1. The summed E-state index contributed by atoms with van der Waals surface area (Å²) >= 11 is 0. The van der Waals surface area contributed by atoms with Gasteiger partial charge in [0.2, 0.25) is 0 Å². The fourth-order valence-corrected chi connectivity index (χ4v) is 1.73. The third kappa shape index (κ3) is 3.65. The van der Waals surface area contributed by atoms with Gasteiger partial charge in [0.1, 0.15) is 6.10 Å².